The minimum atomic E-state index is -4.10. The number of para-hydroxylation sites is 1. The smallest absolute Gasteiger partial charge is 0.334 e. The third kappa shape index (κ3) is 2.66. The van der Waals surface area contributed by atoms with Gasteiger partial charge in [0.2, 0.25) is 15.4 Å². The van der Waals surface area contributed by atoms with Gasteiger partial charge in [0, 0.05) is 16.0 Å². The minimum Gasteiger partial charge on any atom is -0.468 e. The Morgan fingerprint density at radius 2 is 1.65 bits per heavy atom. The molecule has 0 atom stereocenters. The molecule has 1 aromatic heterocycles. The number of carbonyl (C=O) groups excluding carboxylic acids is 3. The van der Waals surface area contributed by atoms with Crippen molar-refractivity contribution in [2.75, 3.05) is 20.5 Å². The van der Waals surface area contributed by atoms with E-state index in [0.717, 1.165) is 24.4 Å². The van der Waals surface area contributed by atoms with E-state index < -0.39 is 33.2 Å². The number of esters is 2. The average Bonchev–Trinajstić information content (AvgIpc) is 3.09. The molecule has 160 valence electrons. The second-order valence-electron chi connectivity index (χ2n) is 7.02. The molecule has 0 bridgehead atoms. The Morgan fingerprint density at radius 1 is 1.03 bits per heavy atom. The van der Waals surface area contributed by atoms with Gasteiger partial charge < -0.3 is 9.47 Å². The molecule has 0 N–H and O–H groups in total. The van der Waals surface area contributed by atoms with Crippen LogP contribution >= 0.6 is 11.6 Å². The van der Waals surface area contributed by atoms with Crippen LogP contribution < -0.4 is 0 Å². The number of rotatable bonds is 3. The number of aromatic nitrogens is 1. The van der Waals surface area contributed by atoms with E-state index in [1.807, 2.05) is 0 Å². The number of benzene rings is 2. The SMILES string of the molecule is COC(=O)C1(C(=O)OC)c2cc(Cl)ccc2C(=O)c2c1n(S(C)(=O)=O)c1ccccc21. The van der Waals surface area contributed by atoms with Gasteiger partial charge in [0.05, 0.1) is 37.2 Å². The largest absolute Gasteiger partial charge is 0.468 e. The van der Waals surface area contributed by atoms with Gasteiger partial charge in [-0.25, -0.2) is 12.4 Å². The van der Waals surface area contributed by atoms with Gasteiger partial charge >= 0.3 is 11.9 Å². The molecule has 0 saturated carbocycles. The Hall–Kier alpha value is -3.17. The monoisotopic (exact) mass is 461 g/mol. The molecule has 0 saturated heterocycles. The highest BCUT2D eigenvalue weighted by Gasteiger charge is 2.61. The van der Waals surface area contributed by atoms with Gasteiger partial charge in [-0.3, -0.25) is 14.4 Å². The molecular formula is C21H16ClNO7S. The van der Waals surface area contributed by atoms with Crippen molar-refractivity contribution < 1.29 is 32.3 Å². The summed E-state index contributed by atoms with van der Waals surface area (Å²) in [4.78, 5) is 40.1. The van der Waals surface area contributed by atoms with E-state index in [1.165, 1.54) is 24.3 Å². The maximum atomic E-state index is 13.5. The highest BCUT2D eigenvalue weighted by atomic mass is 35.5. The predicted octanol–water partition coefficient (Wildman–Crippen LogP) is 2.28. The molecule has 10 heteroatoms. The quantitative estimate of drug-likeness (QED) is 0.434. The number of carbonyl (C=O) groups is 3. The van der Waals surface area contributed by atoms with Crippen molar-refractivity contribution in [1.82, 2.24) is 3.97 Å². The highest BCUT2D eigenvalue weighted by Crippen LogP contribution is 2.48. The number of halogens is 1. The lowest BCUT2D eigenvalue weighted by molar-refractivity contribution is -0.159. The number of ketones is 1. The molecule has 0 fully saturated rings. The van der Waals surface area contributed by atoms with E-state index >= 15 is 0 Å². The van der Waals surface area contributed by atoms with Gasteiger partial charge in [0.25, 0.3) is 0 Å². The minimum absolute atomic E-state index is 0.0177. The van der Waals surface area contributed by atoms with Crippen LogP contribution in [-0.4, -0.2) is 50.6 Å². The molecule has 0 spiro atoms. The van der Waals surface area contributed by atoms with Crippen LogP contribution in [0.25, 0.3) is 10.9 Å². The molecule has 31 heavy (non-hydrogen) atoms. The molecule has 0 unspecified atom stereocenters. The van der Waals surface area contributed by atoms with Gasteiger partial charge in [0.15, 0.2) is 5.78 Å². The summed E-state index contributed by atoms with van der Waals surface area (Å²) in [5, 5.41) is 0.403. The van der Waals surface area contributed by atoms with Crippen molar-refractivity contribution in [2.45, 2.75) is 5.41 Å². The van der Waals surface area contributed by atoms with E-state index in [9.17, 15) is 22.8 Å². The van der Waals surface area contributed by atoms with Gasteiger partial charge in [0.1, 0.15) is 0 Å². The van der Waals surface area contributed by atoms with Crippen LogP contribution in [0.2, 0.25) is 5.02 Å². The normalized spacial score (nSPS) is 14.6. The molecule has 3 aromatic rings. The Kier molecular flexibility index (Phi) is 4.71. The number of hydrogen-bond acceptors (Lipinski definition) is 7. The first kappa shape index (κ1) is 21.1. The number of nitrogens with zero attached hydrogens (tertiary/aromatic N) is 1. The summed E-state index contributed by atoms with van der Waals surface area (Å²) in [5.74, 6) is -2.77. The van der Waals surface area contributed by atoms with Crippen LogP contribution in [0, 0.1) is 0 Å². The van der Waals surface area contributed by atoms with E-state index in [-0.39, 0.29) is 38.3 Å². The van der Waals surface area contributed by atoms with Crippen molar-refractivity contribution in [2.24, 2.45) is 0 Å². The zero-order valence-electron chi connectivity index (χ0n) is 16.6. The van der Waals surface area contributed by atoms with Crippen molar-refractivity contribution in [1.29, 1.82) is 0 Å². The summed E-state index contributed by atoms with van der Waals surface area (Å²) in [6.45, 7) is 0. The maximum Gasteiger partial charge on any atom is 0.334 e. The molecule has 1 heterocycles. The van der Waals surface area contributed by atoms with Gasteiger partial charge in [-0.1, -0.05) is 29.8 Å². The second-order valence-corrected chi connectivity index (χ2v) is 9.29. The molecule has 1 aliphatic carbocycles. The lowest BCUT2D eigenvalue weighted by atomic mass is 9.68. The zero-order valence-corrected chi connectivity index (χ0v) is 18.2. The first-order valence-electron chi connectivity index (χ1n) is 8.96. The van der Waals surface area contributed by atoms with Crippen molar-refractivity contribution in [3.05, 3.63) is 69.9 Å². The summed E-state index contributed by atoms with van der Waals surface area (Å²) in [6, 6.07) is 10.3. The first-order valence-corrected chi connectivity index (χ1v) is 11.2. The Bertz CT molecular complexity index is 1390. The van der Waals surface area contributed by atoms with Crippen LogP contribution in [0.5, 0.6) is 0 Å². The van der Waals surface area contributed by atoms with Crippen LogP contribution in [0.15, 0.2) is 42.5 Å². The molecule has 0 amide bonds. The molecule has 4 rings (SSSR count). The van der Waals surface area contributed by atoms with Gasteiger partial charge in [-0.2, -0.15) is 0 Å². The molecule has 0 radical (unpaired) electrons. The Balaban J connectivity index is 2.38. The van der Waals surface area contributed by atoms with E-state index in [0.29, 0.717) is 0 Å². The van der Waals surface area contributed by atoms with E-state index in [2.05, 4.69) is 0 Å². The molecule has 1 aliphatic rings. The summed E-state index contributed by atoms with van der Waals surface area (Å²) in [5.41, 5.74) is -2.79. The fourth-order valence-electron chi connectivity index (χ4n) is 4.22. The number of ether oxygens (including phenoxy) is 2. The number of fused-ring (bicyclic) bond motifs is 4. The summed E-state index contributed by atoms with van der Waals surface area (Å²) < 4.78 is 36.6. The zero-order chi connectivity index (χ0) is 22.7. The van der Waals surface area contributed by atoms with E-state index in [1.54, 1.807) is 18.2 Å². The molecule has 2 aromatic carbocycles. The fourth-order valence-corrected chi connectivity index (χ4v) is 5.46. The van der Waals surface area contributed by atoms with Crippen molar-refractivity contribution in [3.8, 4) is 0 Å². The Labute approximate surface area is 182 Å². The van der Waals surface area contributed by atoms with Crippen LogP contribution in [0.3, 0.4) is 0 Å². The van der Waals surface area contributed by atoms with Crippen molar-refractivity contribution in [3.63, 3.8) is 0 Å². The van der Waals surface area contributed by atoms with Gasteiger partial charge in [-0.15, -0.1) is 0 Å². The Morgan fingerprint density at radius 3 is 2.23 bits per heavy atom. The third-order valence-electron chi connectivity index (χ3n) is 5.36. The topological polar surface area (TPSA) is 109 Å². The number of methoxy groups -OCH3 is 2. The van der Waals surface area contributed by atoms with Crippen LogP contribution in [0.1, 0.15) is 27.2 Å². The number of hydrogen-bond donors (Lipinski definition) is 0. The van der Waals surface area contributed by atoms with Crippen LogP contribution in [0.4, 0.5) is 0 Å². The fraction of sp³-hybridized carbons (Fsp3) is 0.190. The summed E-state index contributed by atoms with van der Waals surface area (Å²) in [6.07, 6.45) is 0.914. The first-order chi connectivity index (χ1) is 14.6. The van der Waals surface area contributed by atoms with Gasteiger partial charge in [-0.05, 0) is 29.8 Å². The average molecular weight is 462 g/mol. The summed E-state index contributed by atoms with van der Waals surface area (Å²) in [7, 11) is -1.99. The molecular weight excluding hydrogens is 446 g/mol. The van der Waals surface area contributed by atoms with Crippen LogP contribution in [-0.2, 0) is 34.5 Å². The molecule has 8 nitrogen and oxygen atoms in total. The van der Waals surface area contributed by atoms with Crippen molar-refractivity contribution >= 4 is 50.2 Å². The van der Waals surface area contributed by atoms with E-state index in [4.69, 9.17) is 21.1 Å². The third-order valence-corrected chi connectivity index (χ3v) is 6.64. The maximum absolute atomic E-state index is 13.5. The predicted molar refractivity (Wildman–Crippen MR) is 112 cm³/mol. The molecule has 0 aliphatic heterocycles. The lowest BCUT2D eigenvalue weighted by Crippen LogP contribution is -2.52. The summed E-state index contributed by atoms with van der Waals surface area (Å²) >= 11 is 6.14. The lowest BCUT2D eigenvalue weighted by Gasteiger charge is -2.34. The standard InChI is InChI=1S/C21H16ClNO7S/c1-29-19(25)21(20(26)30-2)14-10-11(22)8-9-12(14)17(24)16-13-6-4-5-7-15(13)23(18(16)21)31(3,27)28/h4-10H,1-3H3. The second kappa shape index (κ2) is 6.93. The highest BCUT2D eigenvalue weighted by molar-refractivity contribution is 7.89.